The minimum absolute atomic E-state index is 0.0712. The standard InChI is InChI=1S/C12H16F2N2O2/c1-12(2,5-6-17)16-11(18)15-10-4-3-8(13)7-9(10)14/h3-4,7,17H,5-6H2,1-2H3,(H2,15,16,18). The first-order chi connectivity index (χ1) is 8.34. The maximum absolute atomic E-state index is 13.3. The third-order valence-electron chi connectivity index (χ3n) is 2.37. The number of carbonyl (C=O) groups excluding carboxylic acids is 1. The van der Waals surface area contributed by atoms with Gasteiger partial charge in [-0.2, -0.15) is 0 Å². The molecular formula is C12H16F2N2O2. The smallest absolute Gasteiger partial charge is 0.319 e. The lowest BCUT2D eigenvalue weighted by molar-refractivity contribution is 0.218. The van der Waals surface area contributed by atoms with Crippen LogP contribution in [-0.4, -0.2) is 23.3 Å². The van der Waals surface area contributed by atoms with Crippen molar-refractivity contribution in [3.8, 4) is 0 Å². The molecular weight excluding hydrogens is 242 g/mol. The molecule has 0 heterocycles. The van der Waals surface area contributed by atoms with Crippen molar-refractivity contribution in [2.75, 3.05) is 11.9 Å². The molecule has 0 aliphatic carbocycles. The third kappa shape index (κ3) is 4.29. The molecule has 18 heavy (non-hydrogen) atoms. The van der Waals surface area contributed by atoms with E-state index in [0.29, 0.717) is 12.5 Å². The summed E-state index contributed by atoms with van der Waals surface area (Å²) < 4.78 is 25.9. The number of hydrogen-bond acceptors (Lipinski definition) is 2. The maximum Gasteiger partial charge on any atom is 0.319 e. The van der Waals surface area contributed by atoms with E-state index in [1.54, 1.807) is 13.8 Å². The van der Waals surface area contributed by atoms with Crippen molar-refractivity contribution >= 4 is 11.7 Å². The SMILES string of the molecule is CC(C)(CCO)NC(=O)Nc1ccc(F)cc1F. The highest BCUT2D eigenvalue weighted by Gasteiger charge is 2.20. The zero-order valence-corrected chi connectivity index (χ0v) is 10.3. The van der Waals surface area contributed by atoms with Gasteiger partial charge in [-0.3, -0.25) is 0 Å². The average Bonchev–Trinajstić information content (AvgIpc) is 2.21. The molecule has 0 spiro atoms. The molecule has 100 valence electrons. The summed E-state index contributed by atoms with van der Waals surface area (Å²) in [5.41, 5.74) is -0.719. The molecule has 0 unspecified atom stereocenters. The van der Waals surface area contributed by atoms with Crippen LogP contribution in [0.25, 0.3) is 0 Å². The Labute approximate surface area is 104 Å². The highest BCUT2D eigenvalue weighted by Crippen LogP contribution is 2.15. The van der Waals surface area contributed by atoms with Crippen molar-refractivity contribution < 1.29 is 18.7 Å². The molecule has 2 amide bonds. The molecule has 1 aromatic carbocycles. The van der Waals surface area contributed by atoms with Gasteiger partial charge in [0.1, 0.15) is 11.6 Å². The van der Waals surface area contributed by atoms with Gasteiger partial charge in [0, 0.05) is 18.2 Å². The molecule has 1 rings (SSSR count). The molecule has 1 aromatic rings. The van der Waals surface area contributed by atoms with E-state index in [0.717, 1.165) is 12.1 Å². The molecule has 0 aliphatic heterocycles. The summed E-state index contributed by atoms with van der Waals surface area (Å²) >= 11 is 0. The minimum atomic E-state index is -0.842. The van der Waals surface area contributed by atoms with Gasteiger partial charge in [0.15, 0.2) is 0 Å². The second-order valence-corrected chi connectivity index (χ2v) is 4.56. The number of halogens is 2. The minimum Gasteiger partial charge on any atom is -0.396 e. The molecule has 0 bridgehead atoms. The lowest BCUT2D eigenvalue weighted by atomic mass is 10.0. The number of rotatable bonds is 4. The zero-order valence-electron chi connectivity index (χ0n) is 10.3. The summed E-state index contributed by atoms with van der Waals surface area (Å²) in [6.45, 7) is 3.38. The van der Waals surface area contributed by atoms with Crippen LogP contribution < -0.4 is 10.6 Å². The lowest BCUT2D eigenvalue weighted by Gasteiger charge is -2.25. The average molecular weight is 258 g/mol. The molecule has 0 atom stereocenters. The van der Waals surface area contributed by atoms with Crippen molar-refractivity contribution in [2.24, 2.45) is 0 Å². The number of anilines is 1. The van der Waals surface area contributed by atoms with E-state index in [2.05, 4.69) is 10.6 Å². The molecule has 0 aromatic heterocycles. The third-order valence-corrected chi connectivity index (χ3v) is 2.37. The lowest BCUT2D eigenvalue weighted by Crippen LogP contribution is -2.46. The van der Waals surface area contributed by atoms with E-state index in [1.807, 2.05) is 0 Å². The Morgan fingerprint density at radius 2 is 2.06 bits per heavy atom. The number of amides is 2. The first-order valence-electron chi connectivity index (χ1n) is 5.49. The highest BCUT2D eigenvalue weighted by molar-refractivity contribution is 5.89. The topological polar surface area (TPSA) is 61.4 Å². The number of urea groups is 1. The van der Waals surface area contributed by atoms with E-state index in [-0.39, 0.29) is 12.3 Å². The van der Waals surface area contributed by atoms with Crippen LogP contribution in [0.4, 0.5) is 19.3 Å². The zero-order chi connectivity index (χ0) is 13.8. The summed E-state index contributed by atoms with van der Waals surface area (Å²) in [6, 6.07) is 2.27. The largest absolute Gasteiger partial charge is 0.396 e. The van der Waals surface area contributed by atoms with Gasteiger partial charge < -0.3 is 15.7 Å². The number of carbonyl (C=O) groups is 1. The Bertz CT molecular complexity index is 436. The first kappa shape index (κ1) is 14.4. The number of benzene rings is 1. The van der Waals surface area contributed by atoms with Crippen molar-refractivity contribution in [2.45, 2.75) is 25.8 Å². The van der Waals surface area contributed by atoms with Gasteiger partial charge >= 0.3 is 6.03 Å². The Hall–Kier alpha value is -1.69. The normalized spacial score (nSPS) is 11.2. The second-order valence-electron chi connectivity index (χ2n) is 4.56. The predicted molar refractivity (Wildman–Crippen MR) is 64.3 cm³/mol. The first-order valence-corrected chi connectivity index (χ1v) is 5.49. The molecule has 3 N–H and O–H groups in total. The molecule has 4 nitrogen and oxygen atoms in total. The number of aliphatic hydroxyl groups is 1. The fourth-order valence-electron chi connectivity index (χ4n) is 1.39. The molecule has 0 saturated carbocycles. The highest BCUT2D eigenvalue weighted by atomic mass is 19.1. The van der Waals surface area contributed by atoms with Crippen molar-refractivity contribution in [3.63, 3.8) is 0 Å². The van der Waals surface area contributed by atoms with Crippen LogP contribution in [0, 0.1) is 11.6 Å². The van der Waals surface area contributed by atoms with Gasteiger partial charge in [0.2, 0.25) is 0 Å². The van der Waals surface area contributed by atoms with Gasteiger partial charge in [-0.05, 0) is 32.4 Å². The molecule has 6 heteroatoms. The monoisotopic (exact) mass is 258 g/mol. The van der Waals surface area contributed by atoms with Gasteiger partial charge in [0.05, 0.1) is 5.69 Å². The van der Waals surface area contributed by atoms with Crippen LogP contribution in [0.2, 0.25) is 0 Å². The van der Waals surface area contributed by atoms with E-state index >= 15 is 0 Å². The maximum atomic E-state index is 13.3. The Kier molecular flexibility index (Phi) is 4.61. The van der Waals surface area contributed by atoms with E-state index in [1.165, 1.54) is 0 Å². The van der Waals surface area contributed by atoms with Crippen LogP contribution in [0.3, 0.4) is 0 Å². The summed E-state index contributed by atoms with van der Waals surface area (Å²) in [5.74, 6) is -1.55. The Morgan fingerprint density at radius 3 is 2.61 bits per heavy atom. The van der Waals surface area contributed by atoms with Crippen LogP contribution in [0.15, 0.2) is 18.2 Å². The van der Waals surface area contributed by atoms with Gasteiger partial charge in [-0.25, -0.2) is 13.6 Å². The fraction of sp³-hybridized carbons (Fsp3) is 0.417. The van der Waals surface area contributed by atoms with Crippen molar-refractivity contribution in [1.29, 1.82) is 0 Å². The number of nitrogens with one attached hydrogen (secondary N) is 2. The Morgan fingerprint density at radius 1 is 1.39 bits per heavy atom. The van der Waals surface area contributed by atoms with Crippen LogP contribution in [0.1, 0.15) is 20.3 Å². The summed E-state index contributed by atoms with van der Waals surface area (Å²) in [7, 11) is 0. The molecule has 0 radical (unpaired) electrons. The number of aliphatic hydroxyl groups excluding tert-OH is 1. The molecule has 0 aliphatic rings. The van der Waals surface area contributed by atoms with Crippen LogP contribution in [-0.2, 0) is 0 Å². The summed E-state index contributed by atoms with van der Waals surface area (Å²) in [6.07, 6.45) is 0.367. The molecule has 0 fully saturated rings. The van der Waals surface area contributed by atoms with Gasteiger partial charge in [-0.1, -0.05) is 0 Å². The van der Waals surface area contributed by atoms with Gasteiger partial charge in [0.25, 0.3) is 0 Å². The summed E-state index contributed by atoms with van der Waals surface area (Å²) in [4.78, 5) is 11.6. The van der Waals surface area contributed by atoms with Crippen molar-refractivity contribution in [3.05, 3.63) is 29.8 Å². The van der Waals surface area contributed by atoms with Crippen molar-refractivity contribution in [1.82, 2.24) is 5.32 Å². The van der Waals surface area contributed by atoms with E-state index < -0.39 is 23.2 Å². The fourth-order valence-corrected chi connectivity index (χ4v) is 1.39. The Balaban J connectivity index is 2.65. The quantitative estimate of drug-likeness (QED) is 0.775. The second kappa shape index (κ2) is 5.77. The van der Waals surface area contributed by atoms with Gasteiger partial charge in [-0.15, -0.1) is 0 Å². The predicted octanol–water partition coefficient (Wildman–Crippen LogP) is 2.25. The van der Waals surface area contributed by atoms with E-state index in [4.69, 9.17) is 5.11 Å². The van der Waals surface area contributed by atoms with Crippen LogP contribution >= 0.6 is 0 Å². The summed E-state index contributed by atoms with van der Waals surface area (Å²) in [5, 5.41) is 13.7. The van der Waals surface area contributed by atoms with Crippen LogP contribution in [0.5, 0.6) is 0 Å². The van der Waals surface area contributed by atoms with E-state index in [9.17, 15) is 13.6 Å². The number of hydrogen-bond donors (Lipinski definition) is 3. The molecule has 0 saturated heterocycles.